The molecule has 3 rings (SSSR count). The molecule has 0 radical (unpaired) electrons. The maximum absolute atomic E-state index is 12.2. The molecule has 2 aromatic rings. The third-order valence-corrected chi connectivity index (χ3v) is 4.06. The van der Waals surface area contributed by atoms with Gasteiger partial charge in [0.15, 0.2) is 16.7 Å². The van der Waals surface area contributed by atoms with E-state index in [1.165, 1.54) is 6.20 Å². The Bertz CT molecular complexity index is 915. The molecule has 144 valence electrons. The van der Waals surface area contributed by atoms with Gasteiger partial charge >= 0.3 is 12.1 Å². The second kappa shape index (κ2) is 6.80. The van der Waals surface area contributed by atoms with Crippen molar-refractivity contribution in [2.45, 2.75) is 52.1 Å². The van der Waals surface area contributed by atoms with E-state index in [0.29, 0.717) is 17.1 Å². The fraction of sp³-hybridized carbons (Fsp3) is 0.471. The Balaban J connectivity index is 1.92. The summed E-state index contributed by atoms with van der Waals surface area (Å²) < 4.78 is 6.32. The van der Waals surface area contributed by atoms with Gasteiger partial charge in [0.25, 0.3) is 0 Å². The first-order chi connectivity index (χ1) is 12.5. The predicted molar refractivity (Wildman–Crippen MR) is 97.9 cm³/mol. The zero-order chi connectivity index (χ0) is 19.9. The number of anilines is 2. The number of carbonyl (C=O) groups excluding carboxylic acids is 1. The molecule has 1 aliphatic rings. The van der Waals surface area contributed by atoms with Gasteiger partial charge in [-0.25, -0.2) is 19.6 Å². The van der Waals surface area contributed by atoms with E-state index in [1.807, 2.05) is 0 Å². The Hall–Kier alpha value is -2.68. The van der Waals surface area contributed by atoms with Crippen LogP contribution in [0.1, 0.15) is 61.4 Å². The lowest BCUT2D eigenvalue weighted by Crippen LogP contribution is -2.27. The molecule has 10 heteroatoms. The highest BCUT2D eigenvalue weighted by atomic mass is 35.5. The second-order valence-electron chi connectivity index (χ2n) is 7.35. The molecule has 1 saturated carbocycles. The molecule has 1 fully saturated rings. The van der Waals surface area contributed by atoms with Crippen LogP contribution in [0.15, 0.2) is 6.20 Å². The summed E-state index contributed by atoms with van der Waals surface area (Å²) in [5.41, 5.74) is 0.501. The number of ether oxygens (including phenoxy) is 1. The second-order valence-corrected chi connectivity index (χ2v) is 7.71. The number of aromatic carboxylic acids is 1. The standard InChI is InChI=1S/C17H20ClN5O4/c1-8-10(7-23(22-8)16(26)27-17(2,3)4)19-14-12(15(24)25)20-13(18)11(21-14)9-5-6-9/h7,9H,5-6H2,1-4H3,(H,19,21)(H,24,25). The minimum Gasteiger partial charge on any atom is -0.476 e. The van der Waals surface area contributed by atoms with Crippen molar-refractivity contribution in [3.63, 3.8) is 0 Å². The molecular weight excluding hydrogens is 374 g/mol. The van der Waals surface area contributed by atoms with Crippen molar-refractivity contribution >= 4 is 35.2 Å². The van der Waals surface area contributed by atoms with Crippen molar-refractivity contribution in [2.24, 2.45) is 0 Å². The maximum atomic E-state index is 12.2. The van der Waals surface area contributed by atoms with E-state index in [1.54, 1.807) is 27.7 Å². The molecule has 2 heterocycles. The molecule has 2 aromatic heterocycles. The Labute approximate surface area is 160 Å². The van der Waals surface area contributed by atoms with Crippen molar-refractivity contribution in [2.75, 3.05) is 5.32 Å². The fourth-order valence-corrected chi connectivity index (χ4v) is 2.67. The molecule has 0 amide bonds. The number of nitrogens with zero attached hydrogens (tertiary/aromatic N) is 4. The maximum Gasteiger partial charge on any atom is 0.435 e. The number of carboxylic acids is 1. The topological polar surface area (TPSA) is 119 Å². The summed E-state index contributed by atoms with van der Waals surface area (Å²) in [4.78, 5) is 32.0. The molecule has 0 unspecified atom stereocenters. The third-order valence-electron chi connectivity index (χ3n) is 3.78. The van der Waals surface area contributed by atoms with Crippen LogP contribution in [0.4, 0.5) is 16.3 Å². The van der Waals surface area contributed by atoms with Gasteiger partial charge in [-0.2, -0.15) is 9.78 Å². The summed E-state index contributed by atoms with van der Waals surface area (Å²) in [6.45, 7) is 6.93. The van der Waals surface area contributed by atoms with Crippen molar-refractivity contribution in [1.82, 2.24) is 19.7 Å². The number of nitrogens with one attached hydrogen (secondary N) is 1. The monoisotopic (exact) mass is 393 g/mol. The lowest BCUT2D eigenvalue weighted by atomic mass is 10.2. The van der Waals surface area contributed by atoms with Crippen LogP contribution in [-0.2, 0) is 4.74 Å². The van der Waals surface area contributed by atoms with E-state index in [4.69, 9.17) is 16.3 Å². The van der Waals surface area contributed by atoms with Gasteiger partial charge in [-0.3, -0.25) is 0 Å². The molecular formula is C17H20ClN5O4. The Morgan fingerprint density at radius 2 is 2.00 bits per heavy atom. The average molecular weight is 394 g/mol. The van der Waals surface area contributed by atoms with Gasteiger partial charge in [-0.1, -0.05) is 11.6 Å². The number of carboxylic acid groups (broad SMARTS) is 1. The highest BCUT2D eigenvalue weighted by Crippen LogP contribution is 2.42. The summed E-state index contributed by atoms with van der Waals surface area (Å²) in [5.74, 6) is -1.01. The quantitative estimate of drug-likeness (QED) is 0.806. The largest absolute Gasteiger partial charge is 0.476 e. The molecule has 0 spiro atoms. The lowest BCUT2D eigenvalue weighted by Gasteiger charge is -2.18. The number of hydrogen-bond acceptors (Lipinski definition) is 7. The zero-order valence-corrected chi connectivity index (χ0v) is 16.2. The number of rotatable bonds is 4. The smallest absolute Gasteiger partial charge is 0.435 e. The normalized spacial score (nSPS) is 14.1. The van der Waals surface area contributed by atoms with E-state index in [9.17, 15) is 14.7 Å². The minimum atomic E-state index is -1.26. The highest BCUT2D eigenvalue weighted by Gasteiger charge is 2.31. The summed E-state index contributed by atoms with van der Waals surface area (Å²) in [6.07, 6.45) is 2.66. The first-order valence-corrected chi connectivity index (χ1v) is 8.80. The van der Waals surface area contributed by atoms with Crippen molar-refractivity contribution in [3.05, 3.63) is 28.4 Å². The van der Waals surface area contributed by atoms with Gasteiger partial charge in [0.05, 0.1) is 23.3 Å². The molecule has 0 saturated heterocycles. The van der Waals surface area contributed by atoms with Crippen molar-refractivity contribution < 1.29 is 19.4 Å². The molecule has 0 aromatic carbocycles. The van der Waals surface area contributed by atoms with Crippen molar-refractivity contribution in [1.29, 1.82) is 0 Å². The number of aryl methyl sites for hydroxylation is 1. The summed E-state index contributed by atoms with van der Waals surface area (Å²) in [6, 6.07) is 0. The number of carbonyl (C=O) groups is 2. The average Bonchev–Trinajstić information content (AvgIpc) is 3.31. The summed E-state index contributed by atoms with van der Waals surface area (Å²) in [5, 5.41) is 16.5. The van der Waals surface area contributed by atoms with Crippen LogP contribution in [0.2, 0.25) is 5.15 Å². The molecule has 1 aliphatic carbocycles. The predicted octanol–water partition coefficient (Wildman–Crippen LogP) is 3.74. The van der Waals surface area contributed by atoms with Crippen LogP contribution < -0.4 is 5.32 Å². The van der Waals surface area contributed by atoms with Crippen LogP contribution in [0.3, 0.4) is 0 Å². The van der Waals surface area contributed by atoms with Gasteiger partial charge in [0.2, 0.25) is 0 Å². The molecule has 2 N–H and O–H groups in total. The van der Waals surface area contributed by atoms with Crippen LogP contribution in [-0.4, -0.2) is 42.5 Å². The minimum absolute atomic E-state index is 0.0561. The summed E-state index contributed by atoms with van der Waals surface area (Å²) in [7, 11) is 0. The van der Waals surface area contributed by atoms with E-state index >= 15 is 0 Å². The highest BCUT2D eigenvalue weighted by molar-refractivity contribution is 6.30. The van der Waals surface area contributed by atoms with E-state index in [-0.39, 0.29) is 22.6 Å². The molecule has 9 nitrogen and oxygen atoms in total. The molecule has 27 heavy (non-hydrogen) atoms. The number of halogens is 1. The zero-order valence-electron chi connectivity index (χ0n) is 15.4. The third kappa shape index (κ3) is 4.36. The van der Waals surface area contributed by atoms with Crippen LogP contribution in [0, 0.1) is 6.92 Å². The van der Waals surface area contributed by atoms with Crippen LogP contribution >= 0.6 is 11.6 Å². The molecule has 0 aliphatic heterocycles. The fourth-order valence-electron chi connectivity index (χ4n) is 2.39. The van der Waals surface area contributed by atoms with Crippen molar-refractivity contribution in [3.8, 4) is 0 Å². The number of hydrogen-bond donors (Lipinski definition) is 2. The Kier molecular flexibility index (Phi) is 4.81. The molecule has 0 bridgehead atoms. The lowest BCUT2D eigenvalue weighted by molar-refractivity contribution is 0.0513. The van der Waals surface area contributed by atoms with Gasteiger partial charge in [-0.15, -0.1) is 0 Å². The van der Waals surface area contributed by atoms with E-state index < -0.39 is 17.7 Å². The Morgan fingerprint density at radius 3 is 2.56 bits per heavy atom. The first kappa shape index (κ1) is 19.1. The van der Waals surface area contributed by atoms with Crippen LogP contribution in [0.5, 0.6) is 0 Å². The first-order valence-electron chi connectivity index (χ1n) is 8.42. The SMILES string of the molecule is Cc1nn(C(=O)OC(C)(C)C)cc1Nc1nc(C2CC2)c(Cl)nc1C(=O)O. The Morgan fingerprint density at radius 1 is 1.33 bits per heavy atom. The summed E-state index contributed by atoms with van der Waals surface area (Å²) >= 11 is 6.08. The molecule has 0 atom stereocenters. The van der Waals surface area contributed by atoms with Gasteiger partial charge in [-0.05, 0) is 40.5 Å². The number of aromatic nitrogens is 4. The van der Waals surface area contributed by atoms with Gasteiger partial charge < -0.3 is 15.2 Å². The van der Waals surface area contributed by atoms with E-state index in [2.05, 4.69) is 20.4 Å². The van der Waals surface area contributed by atoms with Gasteiger partial charge in [0.1, 0.15) is 5.60 Å². The van der Waals surface area contributed by atoms with Gasteiger partial charge in [0, 0.05) is 5.92 Å². The van der Waals surface area contributed by atoms with E-state index in [0.717, 1.165) is 17.5 Å². The van der Waals surface area contributed by atoms with Crippen LogP contribution in [0.25, 0.3) is 0 Å².